The highest BCUT2D eigenvalue weighted by atomic mass is 35.5. The van der Waals surface area contributed by atoms with Gasteiger partial charge in [-0.2, -0.15) is 0 Å². The first-order valence-corrected chi connectivity index (χ1v) is 5.42. The fourth-order valence-corrected chi connectivity index (χ4v) is 1.91. The van der Waals surface area contributed by atoms with Gasteiger partial charge in [-0.1, -0.05) is 23.2 Å². The summed E-state index contributed by atoms with van der Waals surface area (Å²) in [4.78, 5) is 8.37. The first-order chi connectivity index (χ1) is 7.72. The summed E-state index contributed by atoms with van der Waals surface area (Å²) >= 11 is 12.1. The molecule has 0 aliphatic carbocycles. The molecule has 0 atom stereocenters. The topological polar surface area (TPSA) is 37.8 Å². The van der Waals surface area contributed by atoms with Crippen LogP contribution in [0.2, 0.25) is 10.0 Å². The molecule has 2 aromatic heterocycles. The number of nitrogens with one attached hydrogen (secondary N) is 1. The molecular formula is C11H9Cl2N3. The zero-order valence-corrected chi connectivity index (χ0v) is 10.0. The lowest BCUT2D eigenvalue weighted by Crippen LogP contribution is -1.96. The Hall–Kier alpha value is -1.32. The summed E-state index contributed by atoms with van der Waals surface area (Å²) in [6, 6.07) is 5.40. The molecule has 0 spiro atoms. The summed E-state index contributed by atoms with van der Waals surface area (Å²) in [5, 5.41) is 3.92. The van der Waals surface area contributed by atoms with E-state index in [4.69, 9.17) is 23.2 Å². The summed E-state index contributed by atoms with van der Waals surface area (Å²) in [6.45, 7) is 0. The Morgan fingerprint density at radius 1 is 1.25 bits per heavy atom. The van der Waals surface area contributed by atoms with Crippen LogP contribution >= 0.6 is 23.2 Å². The summed E-state index contributed by atoms with van der Waals surface area (Å²) in [5.41, 5.74) is 1.53. The third-order valence-corrected chi connectivity index (χ3v) is 2.68. The van der Waals surface area contributed by atoms with Crippen LogP contribution < -0.4 is 5.32 Å². The highest BCUT2D eigenvalue weighted by molar-refractivity contribution is 6.37. The SMILES string of the molecule is CNc1nc(-c2cccnc2)c(Cl)cc1Cl. The van der Waals surface area contributed by atoms with Crippen LogP contribution in [0.15, 0.2) is 30.6 Å². The molecule has 0 amide bonds. The molecule has 0 aliphatic rings. The molecule has 16 heavy (non-hydrogen) atoms. The Labute approximate surface area is 103 Å². The molecule has 0 bridgehead atoms. The first kappa shape index (κ1) is 11.2. The fourth-order valence-electron chi connectivity index (χ4n) is 1.35. The Morgan fingerprint density at radius 2 is 2.06 bits per heavy atom. The van der Waals surface area contributed by atoms with Gasteiger partial charge in [0.25, 0.3) is 0 Å². The normalized spacial score (nSPS) is 10.2. The minimum Gasteiger partial charge on any atom is -0.372 e. The fraction of sp³-hybridized carbons (Fsp3) is 0.0909. The van der Waals surface area contributed by atoms with Crippen LogP contribution in [-0.2, 0) is 0 Å². The zero-order valence-electron chi connectivity index (χ0n) is 8.54. The number of pyridine rings is 2. The van der Waals surface area contributed by atoms with Gasteiger partial charge < -0.3 is 5.32 Å². The number of halogens is 2. The van der Waals surface area contributed by atoms with E-state index in [1.54, 1.807) is 25.5 Å². The third kappa shape index (κ3) is 2.10. The molecule has 2 rings (SSSR count). The number of aromatic nitrogens is 2. The lowest BCUT2D eigenvalue weighted by molar-refractivity contribution is 1.26. The quantitative estimate of drug-likeness (QED) is 0.891. The maximum Gasteiger partial charge on any atom is 0.145 e. The van der Waals surface area contributed by atoms with Crippen LogP contribution in [0.5, 0.6) is 0 Å². The van der Waals surface area contributed by atoms with E-state index in [1.165, 1.54) is 0 Å². The van der Waals surface area contributed by atoms with Crippen molar-refractivity contribution in [2.24, 2.45) is 0 Å². The van der Waals surface area contributed by atoms with Crippen molar-refractivity contribution in [2.75, 3.05) is 12.4 Å². The predicted molar refractivity (Wildman–Crippen MR) is 67.0 cm³/mol. The summed E-state index contributed by atoms with van der Waals surface area (Å²) in [6.07, 6.45) is 3.41. The third-order valence-electron chi connectivity index (χ3n) is 2.10. The van der Waals surface area contributed by atoms with Crippen LogP contribution in [0.1, 0.15) is 0 Å². The summed E-state index contributed by atoms with van der Waals surface area (Å²) < 4.78 is 0. The Morgan fingerprint density at radius 3 is 2.69 bits per heavy atom. The summed E-state index contributed by atoms with van der Waals surface area (Å²) in [5.74, 6) is 0.602. The van der Waals surface area contributed by atoms with Crippen molar-refractivity contribution in [3.05, 3.63) is 40.6 Å². The van der Waals surface area contributed by atoms with Crippen molar-refractivity contribution < 1.29 is 0 Å². The Balaban J connectivity index is 2.57. The highest BCUT2D eigenvalue weighted by Gasteiger charge is 2.09. The zero-order chi connectivity index (χ0) is 11.5. The number of hydrogen-bond donors (Lipinski definition) is 1. The van der Waals surface area contributed by atoms with Crippen LogP contribution in [-0.4, -0.2) is 17.0 Å². The molecule has 2 aromatic rings. The number of rotatable bonds is 2. The largest absolute Gasteiger partial charge is 0.372 e. The Bertz CT molecular complexity index is 500. The molecule has 1 N–H and O–H groups in total. The van der Waals surface area contributed by atoms with Crippen molar-refractivity contribution in [2.45, 2.75) is 0 Å². The molecule has 0 aromatic carbocycles. The van der Waals surface area contributed by atoms with Gasteiger partial charge >= 0.3 is 0 Å². The monoisotopic (exact) mass is 253 g/mol. The average molecular weight is 254 g/mol. The molecule has 3 nitrogen and oxygen atoms in total. The second kappa shape index (κ2) is 4.68. The van der Waals surface area contributed by atoms with Crippen molar-refractivity contribution in [3.63, 3.8) is 0 Å². The number of hydrogen-bond acceptors (Lipinski definition) is 3. The molecule has 0 fully saturated rings. The van der Waals surface area contributed by atoms with E-state index in [0.717, 1.165) is 5.56 Å². The van der Waals surface area contributed by atoms with Gasteiger partial charge in [0.2, 0.25) is 0 Å². The molecule has 0 aliphatic heterocycles. The van der Waals surface area contributed by atoms with E-state index in [9.17, 15) is 0 Å². The minimum atomic E-state index is 0.500. The van der Waals surface area contributed by atoms with Gasteiger partial charge in [0.1, 0.15) is 5.82 Å². The smallest absolute Gasteiger partial charge is 0.145 e. The van der Waals surface area contributed by atoms with E-state index in [1.807, 2.05) is 12.1 Å². The minimum absolute atomic E-state index is 0.500. The van der Waals surface area contributed by atoms with E-state index < -0.39 is 0 Å². The summed E-state index contributed by atoms with van der Waals surface area (Å²) in [7, 11) is 1.76. The van der Waals surface area contributed by atoms with E-state index in [-0.39, 0.29) is 0 Å². The first-order valence-electron chi connectivity index (χ1n) is 4.66. The highest BCUT2D eigenvalue weighted by Crippen LogP contribution is 2.31. The van der Waals surface area contributed by atoms with Gasteiger partial charge in [-0.3, -0.25) is 4.98 Å². The van der Waals surface area contributed by atoms with Gasteiger partial charge in [0, 0.05) is 25.0 Å². The lowest BCUT2D eigenvalue weighted by Gasteiger charge is -2.08. The average Bonchev–Trinajstić information content (AvgIpc) is 2.30. The standard InChI is InChI=1S/C11H9Cl2N3/c1-14-11-9(13)5-8(12)10(16-11)7-3-2-4-15-6-7/h2-6H,1H3,(H,14,16). The van der Waals surface area contributed by atoms with Gasteiger partial charge in [0.05, 0.1) is 15.7 Å². The van der Waals surface area contributed by atoms with Gasteiger partial charge in [-0.25, -0.2) is 4.98 Å². The maximum atomic E-state index is 6.09. The van der Waals surface area contributed by atoms with Crippen molar-refractivity contribution in [3.8, 4) is 11.3 Å². The van der Waals surface area contributed by atoms with Gasteiger partial charge in [-0.15, -0.1) is 0 Å². The number of nitrogens with zero attached hydrogens (tertiary/aromatic N) is 2. The maximum absolute atomic E-state index is 6.09. The molecule has 0 radical (unpaired) electrons. The molecule has 0 saturated carbocycles. The molecular weight excluding hydrogens is 245 g/mol. The van der Waals surface area contributed by atoms with Gasteiger partial charge in [0.15, 0.2) is 0 Å². The second-order valence-electron chi connectivity index (χ2n) is 3.14. The lowest BCUT2D eigenvalue weighted by atomic mass is 10.2. The molecule has 82 valence electrons. The van der Waals surface area contributed by atoms with Crippen LogP contribution in [0.3, 0.4) is 0 Å². The van der Waals surface area contributed by atoms with E-state index in [2.05, 4.69) is 15.3 Å². The molecule has 0 saturated heterocycles. The number of anilines is 1. The van der Waals surface area contributed by atoms with Crippen molar-refractivity contribution in [1.29, 1.82) is 0 Å². The molecule has 0 unspecified atom stereocenters. The van der Waals surface area contributed by atoms with Crippen LogP contribution in [0.4, 0.5) is 5.82 Å². The van der Waals surface area contributed by atoms with E-state index >= 15 is 0 Å². The molecule has 5 heteroatoms. The van der Waals surface area contributed by atoms with Gasteiger partial charge in [-0.05, 0) is 18.2 Å². The van der Waals surface area contributed by atoms with Crippen LogP contribution in [0.25, 0.3) is 11.3 Å². The predicted octanol–water partition coefficient (Wildman–Crippen LogP) is 3.49. The Kier molecular flexibility index (Phi) is 3.27. The van der Waals surface area contributed by atoms with Crippen molar-refractivity contribution in [1.82, 2.24) is 9.97 Å². The second-order valence-corrected chi connectivity index (χ2v) is 3.96. The van der Waals surface area contributed by atoms with Crippen molar-refractivity contribution >= 4 is 29.0 Å². The van der Waals surface area contributed by atoms with Crippen LogP contribution in [0, 0.1) is 0 Å². The molecule has 2 heterocycles. The van der Waals surface area contributed by atoms with E-state index in [0.29, 0.717) is 21.6 Å².